The van der Waals surface area contributed by atoms with Crippen LogP contribution in [0.25, 0.3) is 21.9 Å². The zero-order valence-corrected chi connectivity index (χ0v) is 15.3. The first kappa shape index (κ1) is 18.7. The van der Waals surface area contributed by atoms with Gasteiger partial charge in [-0.3, -0.25) is 0 Å². The molecular formula is C20H20F3NOS. The number of benzene rings is 1. The zero-order valence-electron chi connectivity index (χ0n) is 14.5. The Kier molecular flexibility index (Phi) is 6.14. The second kappa shape index (κ2) is 8.54. The Morgan fingerprint density at radius 3 is 2.42 bits per heavy atom. The van der Waals surface area contributed by atoms with Crippen LogP contribution in [0.3, 0.4) is 0 Å². The van der Waals surface area contributed by atoms with E-state index in [4.69, 9.17) is 4.52 Å². The molecule has 0 unspecified atom stereocenters. The van der Waals surface area contributed by atoms with Crippen molar-refractivity contribution in [3.8, 4) is 21.9 Å². The van der Waals surface area contributed by atoms with E-state index in [1.54, 1.807) is 17.4 Å². The molecule has 0 aliphatic carbocycles. The van der Waals surface area contributed by atoms with Gasteiger partial charge in [0.2, 0.25) is 0 Å². The molecule has 0 saturated carbocycles. The summed E-state index contributed by atoms with van der Waals surface area (Å²) in [7, 11) is 0. The molecule has 0 atom stereocenters. The fourth-order valence-corrected chi connectivity index (χ4v) is 3.78. The largest absolute Gasteiger partial charge is 0.356 e. The lowest BCUT2D eigenvalue weighted by molar-refractivity contribution is 0.429. The van der Waals surface area contributed by atoms with Crippen LogP contribution in [0.5, 0.6) is 0 Å². The second-order valence-electron chi connectivity index (χ2n) is 6.26. The van der Waals surface area contributed by atoms with Gasteiger partial charge in [0.05, 0.1) is 4.88 Å². The molecular weight excluding hydrogens is 359 g/mol. The van der Waals surface area contributed by atoms with Crippen LogP contribution < -0.4 is 0 Å². The van der Waals surface area contributed by atoms with Crippen molar-refractivity contribution in [1.29, 1.82) is 0 Å². The lowest BCUT2D eigenvalue weighted by Crippen LogP contribution is -1.91. The molecule has 0 bridgehead atoms. The zero-order chi connectivity index (χ0) is 18.5. The number of hydrogen-bond donors (Lipinski definition) is 0. The van der Waals surface area contributed by atoms with Crippen molar-refractivity contribution in [2.75, 3.05) is 0 Å². The van der Waals surface area contributed by atoms with Crippen LogP contribution in [0, 0.1) is 17.5 Å². The Morgan fingerprint density at radius 2 is 1.69 bits per heavy atom. The molecule has 138 valence electrons. The van der Waals surface area contributed by atoms with E-state index in [9.17, 15) is 13.2 Å². The number of unbranched alkanes of at least 4 members (excludes halogenated alkanes) is 4. The highest BCUT2D eigenvalue weighted by Crippen LogP contribution is 2.32. The summed E-state index contributed by atoms with van der Waals surface area (Å²) in [4.78, 5) is 2.21. The molecule has 0 saturated heterocycles. The maximum atomic E-state index is 13.4. The highest BCUT2D eigenvalue weighted by atomic mass is 32.1. The van der Waals surface area contributed by atoms with Gasteiger partial charge in [-0.25, -0.2) is 13.2 Å². The third kappa shape index (κ3) is 4.36. The maximum Gasteiger partial charge on any atom is 0.194 e. The fourth-order valence-electron chi connectivity index (χ4n) is 2.78. The van der Waals surface area contributed by atoms with Gasteiger partial charge >= 0.3 is 0 Å². The van der Waals surface area contributed by atoms with Crippen LogP contribution >= 0.6 is 11.3 Å². The number of rotatable bonds is 8. The molecule has 6 heteroatoms. The van der Waals surface area contributed by atoms with Crippen molar-refractivity contribution in [3.63, 3.8) is 0 Å². The molecule has 0 fully saturated rings. The molecule has 0 spiro atoms. The van der Waals surface area contributed by atoms with Gasteiger partial charge in [0, 0.05) is 16.5 Å². The lowest BCUT2D eigenvalue weighted by Gasteiger charge is -1.98. The number of hydrogen-bond acceptors (Lipinski definition) is 3. The van der Waals surface area contributed by atoms with Crippen molar-refractivity contribution in [3.05, 3.63) is 52.7 Å². The van der Waals surface area contributed by atoms with Gasteiger partial charge in [0.15, 0.2) is 23.2 Å². The van der Waals surface area contributed by atoms with Gasteiger partial charge in [-0.05, 0) is 37.1 Å². The average Bonchev–Trinajstić information content (AvgIpc) is 3.28. The van der Waals surface area contributed by atoms with Gasteiger partial charge in [-0.15, -0.1) is 11.3 Å². The van der Waals surface area contributed by atoms with Gasteiger partial charge in [-0.2, -0.15) is 0 Å². The Bertz CT molecular complexity index is 849. The number of aromatic nitrogens is 1. The molecule has 3 rings (SSSR count). The highest BCUT2D eigenvalue weighted by Gasteiger charge is 2.16. The van der Waals surface area contributed by atoms with E-state index >= 15 is 0 Å². The second-order valence-corrected chi connectivity index (χ2v) is 7.43. The van der Waals surface area contributed by atoms with Crippen LogP contribution in [-0.2, 0) is 6.42 Å². The molecule has 0 N–H and O–H groups in total. The number of thiophene rings is 1. The summed E-state index contributed by atoms with van der Waals surface area (Å²) in [5, 5.41) is 3.98. The molecule has 1 aromatic carbocycles. The first-order valence-corrected chi connectivity index (χ1v) is 9.61. The normalized spacial score (nSPS) is 11.2. The van der Waals surface area contributed by atoms with E-state index in [0.29, 0.717) is 5.69 Å². The minimum absolute atomic E-state index is 0.118. The molecule has 2 heterocycles. The standard InChI is InChI=1S/C20H20F3NOS/c1-2-3-4-5-6-7-14-8-9-19(26-14)17-12-18(25-24-17)13-10-15(21)20(23)16(22)11-13/h8-12H,2-7H2,1H3. The molecule has 0 aliphatic heterocycles. The topological polar surface area (TPSA) is 26.0 Å². The van der Waals surface area contributed by atoms with Crippen LogP contribution in [-0.4, -0.2) is 5.16 Å². The highest BCUT2D eigenvalue weighted by molar-refractivity contribution is 7.15. The number of nitrogens with zero attached hydrogens (tertiary/aromatic N) is 1. The minimum Gasteiger partial charge on any atom is -0.356 e. The van der Waals surface area contributed by atoms with Crippen molar-refractivity contribution in [2.45, 2.75) is 45.4 Å². The Labute approximate surface area is 154 Å². The molecule has 0 radical (unpaired) electrons. The quantitative estimate of drug-likeness (QED) is 0.311. The number of aryl methyl sites for hydroxylation is 1. The molecule has 0 amide bonds. The summed E-state index contributed by atoms with van der Waals surface area (Å²) in [6.07, 6.45) is 7.22. The van der Waals surface area contributed by atoms with Gasteiger partial charge in [0.1, 0.15) is 5.69 Å². The van der Waals surface area contributed by atoms with E-state index < -0.39 is 17.5 Å². The monoisotopic (exact) mass is 379 g/mol. The lowest BCUT2D eigenvalue weighted by atomic mass is 10.1. The van der Waals surface area contributed by atoms with E-state index in [1.165, 1.54) is 30.6 Å². The van der Waals surface area contributed by atoms with E-state index in [1.807, 2.05) is 6.07 Å². The Morgan fingerprint density at radius 1 is 0.962 bits per heavy atom. The van der Waals surface area contributed by atoms with Gasteiger partial charge in [-0.1, -0.05) is 37.8 Å². The summed E-state index contributed by atoms with van der Waals surface area (Å²) in [6.45, 7) is 2.20. The Hall–Kier alpha value is -2.08. The maximum absolute atomic E-state index is 13.4. The van der Waals surface area contributed by atoms with E-state index in [0.717, 1.165) is 29.9 Å². The number of halogens is 3. The van der Waals surface area contributed by atoms with Gasteiger partial charge in [0.25, 0.3) is 0 Å². The van der Waals surface area contributed by atoms with Crippen molar-refractivity contribution < 1.29 is 17.7 Å². The first-order chi connectivity index (χ1) is 12.6. The van der Waals surface area contributed by atoms with Crippen molar-refractivity contribution >= 4 is 11.3 Å². The fraction of sp³-hybridized carbons (Fsp3) is 0.350. The minimum atomic E-state index is -1.49. The third-order valence-corrected chi connectivity index (χ3v) is 5.39. The average molecular weight is 379 g/mol. The van der Waals surface area contributed by atoms with Crippen LogP contribution in [0.4, 0.5) is 13.2 Å². The van der Waals surface area contributed by atoms with Crippen molar-refractivity contribution in [2.24, 2.45) is 0 Å². The Balaban J connectivity index is 1.68. The summed E-state index contributed by atoms with van der Waals surface area (Å²) >= 11 is 1.64. The van der Waals surface area contributed by atoms with Crippen LogP contribution in [0.2, 0.25) is 0 Å². The summed E-state index contributed by atoms with van der Waals surface area (Å²) < 4.78 is 45.0. The molecule has 3 aromatic rings. The van der Waals surface area contributed by atoms with Crippen LogP contribution in [0.15, 0.2) is 34.9 Å². The summed E-state index contributed by atoms with van der Waals surface area (Å²) in [6, 6.07) is 7.46. The van der Waals surface area contributed by atoms with Crippen LogP contribution in [0.1, 0.15) is 43.9 Å². The van der Waals surface area contributed by atoms with E-state index in [-0.39, 0.29) is 11.3 Å². The molecule has 2 nitrogen and oxygen atoms in total. The smallest absolute Gasteiger partial charge is 0.194 e. The molecule has 26 heavy (non-hydrogen) atoms. The van der Waals surface area contributed by atoms with Gasteiger partial charge < -0.3 is 4.52 Å². The predicted octanol–water partition coefficient (Wildman–Crippen LogP) is 7.00. The molecule has 2 aromatic heterocycles. The third-order valence-electron chi connectivity index (χ3n) is 4.22. The predicted molar refractivity (Wildman–Crippen MR) is 97.6 cm³/mol. The van der Waals surface area contributed by atoms with Crippen molar-refractivity contribution in [1.82, 2.24) is 5.16 Å². The summed E-state index contributed by atoms with van der Waals surface area (Å²) in [5.41, 5.74) is 0.722. The molecule has 0 aliphatic rings. The van der Waals surface area contributed by atoms with E-state index in [2.05, 4.69) is 18.1 Å². The summed E-state index contributed by atoms with van der Waals surface area (Å²) in [5.74, 6) is -3.79. The first-order valence-electron chi connectivity index (χ1n) is 8.79. The SMILES string of the molecule is CCCCCCCc1ccc(-c2cc(-c3cc(F)c(F)c(F)c3)on2)s1.